The summed E-state index contributed by atoms with van der Waals surface area (Å²) in [5, 5.41) is 0.609. The predicted molar refractivity (Wildman–Crippen MR) is 94.8 cm³/mol. The van der Waals surface area contributed by atoms with E-state index >= 15 is 0 Å². The van der Waals surface area contributed by atoms with Crippen LogP contribution in [0.5, 0.6) is 0 Å². The summed E-state index contributed by atoms with van der Waals surface area (Å²) in [5.41, 5.74) is -0.530. The quantitative estimate of drug-likeness (QED) is 0.797. The van der Waals surface area contributed by atoms with Gasteiger partial charge in [0.25, 0.3) is 5.56 Å². The third-order valence-electron chi connectivity index (χ3n) is 3.96. The van der Waals surface area contributed by atoms with Gasteiger partial charge in [-0.2, -0.15) is 0 Å². The molecule has 7 heteroatoms. The molecule has 0 saturated heterocycles. The summed E-state index contributed by atoms with van der Waals surface area (Å²) in [5.74, 6) is 0.341. The van der Waals surface area contributed by atoms with Crippen molar-refractivity contribution < 1.29 is 4.74 Å². The SMILES string of the molecule is CCN(CCOC)CCn1c(=O)[nH]c2sc(C(C)C)cc2c1=O. The van der Waals surface area contributed by atoms with E-state index < -0.39 is 0 Å². The number of rotatable bonds is 8. The molecule has 0 aromatic carbocycles. The van der Waals surface area contributed by atoms with Crippen LogP contribution < -0.4 is 11.2 Å². The van der Waals surface area contributed by atoms with E-state index in [1.807, 2.05) is 6.07 Å². The smallest absolute Gasteiger partial charge is 0.329 e. The largest absolute Gasteiger partial charge is 0.383 e. The van der Waals surface area contributed by atoms with E-state index in [1.165, 1.54) is 15.9 Å². The molecule has 0 amide bonds. The van der Waals surface area contributed by atoms with Crippen molar-refractivity contribution in [3.63, 3.8) is 0 Å². The second-order valence-electron chi connectivity index (χ2n) is 5.86. The third kappa shape index (κ3) is 4.10. The Kier molecular flexibility index (Phi) is 6.15. The van der Waals surface area contributed by atoms with E-state index in [0.29, 0.717) is 35.8 Å². The average molecular weight is 339 g/mol. The lowest BCUT2D eigenvalue weighted by atomic mass is 10.2. The highest BCUT2D eigenvalue weighted by Gasteiger charge is 2.13. The molecule has 0 spiro atoms. The molecule has 0 aliphatic rings. The van der Waals surface area contributed by atoms with Crippen LogP contribution in [0.1, 0.15) is 31.6 Å². The van der Waals surface area contributed by atoms with Crippen LogP contribution in [0.3, 0.4) is 0 Å². The molecule has 0 bridgehead atoms. The first kappa shape index (κ1) is 17.9. The van der Waals surface area contributed by atoms with Gasteiger partial charge in [-0.05, 0) is 18.5 Å². The average Bonchev–Trinajstić information content (AvgIpc) is 2.94. The molecular formula is C16H25N3O3S. The Morgan fingerprint density at radius 2 is 2.09 bits per heavy atom. The lowest BCUT2D eigenvalue weighted by molar-refractivity contribution is 0.148. The van der Waals surface area contributed by atoms with Crippen molar-refractivity contribution in [1.82, 2.24) is 14.5 Å². The van der Waals surface area contributed by atoms with Gasteiger partial charge in [-0.25, -0.2) is 4.79 Å². The van der Waals surface area contributed by atoms with Crippen LogP contribution in [0.2, 0.25) is 0 Å². The summed E-state index contributed by atoms with van der Waals surface area (Å²) in [6.45, 7) is 9.53. The van der Waals surface area contributed by atoms with Crippen molar-refractivity contribution in [2.75, 3.05) is 33.4 Å². The number of thiophene rings is 1. The molecule has 0 aliphatic carbocycles. The van der Waals surface area contributed by atoms with Gasteiger partial charge in [-0.3, -0.25) is 19.2 Å². The molecule has 0 radical (unpaired) electrons. The highest BCUT2D eigenvalue weighted by molar-refractivity contribution is 7.18. The minimum absolute atomic E-state index is 0.199. The number of aromatic nitrogens is 2. The zero-order chi connectivity index (χ0) is 17.0. The minimum Gasteiger partial charge on any atom is -0.383 e. The highest BCUT2D eigenvalue weighted by Crippen LogP contribution is 2.26. The van der Waals surface area contributed by atoms with Crippen LogP contribution in [-0.4, -0.2) is 47.8 Å². The molecule has 0 unspecified atom stereocenters. The molecule has 2 aromatic rings. The Labute approximate surface area is 139 Å². The van der Waals surface area contributed by atoms with E-state index in [4.69, 9.17) is 4.74 Å². The summed E-state index contributed by atoms with van der Waals surface area (Å²) in [7, 11) is 1.67. The number of hydrogen-bond acceptors (Lipinski definition) is 5. The topological polar surface area (TPSA) is 67.3 Å². The molecule has 2 aromatic heterocycles. The third-order valence-corrected chi connectivity index (χ3v) is 5.31. The lowest BCUT2D eigenvalue weighted by Gasteiger charge is -2.19. The maximum Gasteiger partial charge on any atom is 0.329 e. The maximum absolute atomic E-state index is 12.6. The number of aromatic amines is 1. The summed E-state index contributed by atoms with van der Waals surface area (Å²) in [6.07, 6.45) is 0. The van der Waals surface area contributed by atoms with Crippen LogP contribution in [0.15, 0.2) is 15.7 Å². The number of hydrogen-bond donors (Lipinski definition) is 1. The van der Waals surface area contributed by atoms with Gasteiger partial charge < -0.3 is 4.74 Å². The van der Waals surface area contributed by atoms with Crippen LogP contribution in [0, 0.1) is 0 Å². The number of methoxy groups -OCH3 is 1. The minimum atomic E-state index is -0.331. The van der Waals surface area contributed by atoms with Gasteiger partial charge in [0, 0.05) is 31.6 Å². The molecular weight excluding hydrogens is 314 g/mol. The first-order valence-electron chi connectivity index (χ1n) is 7.95. The van der Waals surface area contributed by atoms with Crippen molar-refractivity contribution in [2.24, 2.45) is 0 Å². The van der Waals surface area contributed by atoms with Crippen LogP contribution >= 0.6 is 11.3 Å². The number of nitrogens with one attached hydrogen (secondary N) is 1. The van der Waals surface area contributed by atoms with E-state index in [1.54, 1.807) is 7.11 Å². The number of H-pyrrole nitrogens is 1. The normalized spacial score (nSPS) is 11.9. The van der Waals surface area contributed by atoms with Crippen molar-refractivity contribution in [2.45, 2.75) is 33.2 Å². The predicted octanol–water partition coefficient (Wildman–Crippen LogP) is 1.84. The zero-order valence-corrected chi connectivity index (χ0v) is 15.0. The number of fused-ring (bicyclic) bond motifs is 1. The molecule has 6 nitrogen and oxygen atoms in total. The number of likely N-dealkylation sites (N-methyl/N-ethyl adjacent to an activating group) is 1. The summed E-state index contributed by atoms with van der Waals surface area (Å²) < 4.78 is 6.38. The van der Waals surface area contributed by atoms with Gasteiger partial charge in [-0.1, -0.05) is 20.8 Å². The Morgan fingerprint density at radius 1 is 1.35 bits per heavy atom. The Balaban J connectivity index is 2.27. The molecule has 2 rings (SSSR count). The standard InChI is InChI=1S/C16H25N3O3S/c1-5-18(8-9-22-4)6-7-19-15(20)12-10-13(11(2)3)23-14(12)17-16(19)21/h10-11H,5-9H2,1-4H3,(H,17,21). The molecule has 128 valence electrons. The summed E-state index contributed by atoms with van der Waals surface area (Å²) in [6, 6.07) is 1.90. The number of ether oxygens (including phenoxy) is 1. The fourth-order valence-corrected chi connectivity index (χ4v) is 3.48. The molecule has 0 aliphatic heterocycles. The van der Waals surface area contributed by atoms with E-state index in [-0.39, 0.29) is 11.2 Å². The Hall–Kier alpha value is -1.44. The highest BCUT2D eigenvalue weighted by atomic mass is 32.1. The molecule has 0 fully saturated rings. The summed E-state index contributed by atoms with van der Waals surface area (Å²) in [4.78, 5) is 31.6. The molecule has 2 heterocycles. The zero-order valence-electron chi connectivity index (χ0n) is 14.2. The maximum atomic E-state index is 12.6. The van der Waals surface area contributed by atoms with Crippen LogP contribution in [0.4, 0.5) is 0 Å². The Bertz CT molecular complexity index is 760. The molecule has 0 saturated carbocycles. The van der Waals surface area contributed by atoms with Gasteiger partial charge in [0.05, 0.1) is 12.0 Å². The van der Waals surface area contributed by atoms with Gasteiger partial charge in [0.2, 0.25) is 0 Å². The molecule has 1 N–H and O–H groups in total. The van der Waals surface area contributed by atoms with Crippen molar-refractivity contribution in [3.05, 3.63) is 31.8 Å². The fourth-order valence-electron chi connectivity index (χ4n) is 2.44. The second-order valence-corrected chi connectivity index (χ2v) is 6.94. The second kappa shape index (κ2) is 7.90. The van der Waals surface area contributed by atoms with E-state index in [9.17, 15) is 9.59 Å². The molecule has 0 atom stereocenters. The molecule has 23 heavy (non-hydrogen) atoms. The first-order valence-corrected chi connectivity index (χ1v) is 8.77. The van der Waals surface area contributed by atoms with Crippen molar-refractivity contribution in [1.29, 1.82) is 0 Å². The van der Waals surface area contributed by atoms with Gasteiger partial charge >= 0.3 is 5.69 Å². The van der Waals surface area contributed by atoms with Gasteiger partial charge in [-0.15, -0.1) is 11.3 Å². The van der Waals surface area contributed by atoms with Gasteiger partial charge in [0.1, 0.15) is 4.83 Å². The van der Waals surface area contributed by atoms with E-state index in [2.05, 4.69) is 30.7 Å². The fraction of sp³-hybridized carbons (Fsp3) is 0.625. The van der Waals surface area contributed by atoms with Crippen LogP contribution in [0.25, 0.3) is 10.2 Å². The van der Waals surface area contributed by atoms with Gasteiger partial charge in [0.15, 0.2) is 0 Å². The Morgan fingerprint density at radius 3 is 2.70 bits per heavy atom. The van der Waals surface area contributed by atoms with Crippen molar-refractivity contribution in [3.8, 4) is 0 Å². The lowest BCUT2D eigenvalue weighted by Crippen LogP contribution is -2.39. The summed E-state index contributed by atoms with van der Waals surface area (Å²) >= 11 is 1.49. The number of nitrogens with zero attached hydrogens (tertiary/aromatic N) is 2. The first-order chi connectivity index (χ1) is 11.0. The monoisotopic (exact) mass is 339 g/mol. The van der Waals surface area contributed by atoms with E-state index in [0.717, 1.165) is 18.0 Å². The van der Waals surface area contributed by atoms with Crippen molar-refractivity contribution >= 4 is 21.6 Å². The van der Waals surface area contributed by atoms with Crippen LogP contribution in [-0.2, 0) is 11.3 Å².